The lowest BCUT2D eigenvalue weighted by Crippen LogP contribution is -2.26. The van der Waals surface area contributed by atoms with E-state index in [2.05, 4.69) is 13.8 Å². The van der Waals surface area contributed by atoms with Gasteiger partial charge in [0.05, 0.1) is 5.56 Å². The summed E-state index contributed by atoms with van der Waals surface area (Å²) in [6.07, 6.45) is 1.04. The van der Waals surface area contributed by atoms with E-state index in [1.807, 2.05) is 17.0 Å². The van der Waals surface area contributed by atoms with Gasteiger partial charge in [-0.2, -0.15) is 0 Å². The molecule has 3 nitrogen and oxygen atoms in total. The minimum absolute atomic E-state index is 0.0914. The fourth-order valence-electron chi connectivity index (χ4n) is 2.04. The summed E-state index contributed by atoms with van der Waals surface area (Å²) in [5, 5.41) is 0. The largest absolute Gasteiger partial charge is 0.398 e. The van der Waals surface area contributed by atoms with E-state index in [-0.39, 0.29) is 5.91 Å². The number of hydrogen-bond donors (Lipinski definition) is 1. The van der Waals surface area contributed by atoms with Crippen molar-refractivity contribution in [2.75, 3.05) is 12.3 Å². The van der Waals surface area contributed by atoms with Gasteiger partial charge in [-0.15, -0.1) is 0 Å². The average molecular weight is 218 g/mol. The van der Waals surface area contributed by atoms with E-state index in [0.717, 1.165) is 18.5 Å². The number of nitrogens with zero attached hydrogens (tertiary/aromatic N) is 1. The van der Waals surface area contributed by atoms with Crippen molar-refractivity contribution in [3.05, 3.63) is 29.3 Å². The molecule has 1 heterocycles. The maximum atomic E-state index is 12.1. The number of nitrogens with two attached hydrogens (primary N) is 1. The standard InChI is InChI=1S/C13H18N2O/c1-9(2)6-7-15-8-10-4-3-5-11(14)12(10)13(15)16/h3-5,9H,6-8,14H2,1-2H3. The molecule has 0 fully saturated rings. The van der Waals surface area contributed by atoms with Crippen LogP contribution in [0, 0.1) is 5.92 Å². The first kappa shape index (κ1) is 11.0. The van der Waals surface area contributed by atoms with Crippen molar-refractivity contribution in [3.63, 3.8) is 0 Å². The Morgan fingerprint density at radius 1 is 1.44 bits per heavy atom. The zero-order valence-corrected chi connectivity index (χ0v) is 9.86. The van der Waals surface area contributed by atoms with Crippen LogP contribution in [0.1, 0.15) is 36.2 Å². The summed E-state index contributed by atoms with van der Waals surface area (Å²) in [7, 11) is 0. The van der Waals surface area contributed by atoms with Gasteiger partial charge in [0.15, 0.2) is 0 Å². The zero-order valence-electron chi connectivity index (χ0n) is 9.86. The van der Waals surface area contributed by atoms with E-state index in [4.69, 9.17) is 5.73 Å². The molecule has 0 unspecified atom stereocenters. The lowest BCUT2D eigenvalue weighted by atomic mass is 10.1. The molecule has 1 aliphatic heterocycles. The fourth-order valence-corrected chi connectivity index (χ4v) is 2.04. The summed E-state index contributed by atoms with van der Waals surface area (Å²) < 4.78 is 0. The minimum atomic E-state index is 0.0914. The Balaban J connectivity index is 2.15. The summed E-state index contributed by atoms with van der Waals surface area (Å²) in [5.74, 6) is 0.711. The van der Waals surface area contributed by atoms with Crippen LogP contribution in [0.15, 0.2) is 18.2 Å². The van der Waals surface area contributed by atoms with Gasteiger partial charge in [0.2, 0.25) is 0 Å². The van der Waals surface area contributed by atoms with E-state index < -0.39 is 0 Å². The van der Waals surface area contributed by atoms with Gasteiger partial charge in [0, 0.05) is 18.8 Å². The number of rotatable bonds is 3. The number of amides is 1. The van der Waals surface area contributed by atoms with Gasteiger partial charge in [-0.05, 0) is 24.0 Å². The second-order valence-electron chi connectivity index (χ2n) is 4.79. The first-order chi connectivity index (χ1) is 7.59. The first-order valence-electron chi connectivity index (χ1n) is 5.76. The summed E-state index contributed by atoms with van der Waals surface area (Å²) in [6.45, 7) is 5.88. The van der Waals surface area contributed by atoms with Gasteiger partial charge in [-0.1, -0.05) is 26.0 Å². The Kier molecular flexibility index (Phi) is 2.86. The quantitative estimate of drug-likeness (QED) is 0.791. The molecule has 1 amide bonds. The predicted octanol–water partition coefficient (Wildman–Crippen LogP) is 2.27. The molecule has 2 rings (SSSR count). The lowest BCUT2D eigenvalue weighted by Gasteiger charge is -2.16. The summed E-state index contributed by atoms with van der Waals surface area (Å²) in [4.78, 5) is 14.0. The molecular weight excluding hydrogens is 200 g/mol. The third kappa shape index (κ3) is 1.90. The molecule has 2 N–H and O–H groups in total. The number of fused-ring (bicyclic) bond motifs is 1. The van der Waals surface area contributed by atoms with E-state index >= 15 is 0 Å². The molecule has 16 heavy (non-hydrogen) atoms. The van der Waals surface area contributed by atoms with E-state index in [1.54, 1.807) is 6.07 Å². The topological polar surface area (TPSA) is 46.3 Å². The van der Waals surface area contributed by atoms with Gasteiger partial charge in [-0.25, -0.2) is 0 Å². The van der Waals surface area contributed by atoms with Crippen molar-refractivity contribution < 1.29 is 4.79 Å². The number of anilines is 1. The minimum Gasteiger partial charge on any atom is -0.398 e. The molecule has 0 saturated heterocycles. The molecule has 0 atom stereocenters. The van der Waals surface area contributed by atoms with Gasteiger partial charge in [0.1, 0.15) is 0 Å². The third-order valence-corrected chi connectivity index (χ3v) is 3.02. The van der Waals surface area contributed by atoms with Crippen LogP contribution < -0.4 is 5.73 Å². The molecule has 0 bridgehead atoms. The molecule has 86 valence electrons. The second-order valence-corrected chi connectivity index (χ2v) is 4.79. The van der Waals surface area contributed by atoms with Crippen LogP contribution in [0.4, 0.5) is 5.69 Å². The monoisotopic (exact) mass is 218 g/mol. The maximum absolute atomic E-state index is 12.1. The molecule has 1 aliphatic rings. The van der Waals surface area contributed by atoms with Gasteiger partial charge >= 0.3 is 0 Å². The summed E-state index contributed by atoms with van der Waals surface area (Å²) >= 11 is 0. The van der Waals surface area contributed by atoms with E-state index in [9.17, 15) is 4.79 Å². The van der Waals surface area contributed by atoms with Crippen LogP contribution in [-0.2, 0) is 6.54 Å². The van der Waals surface area contributed by atoms with Crippen molar-refractivity contribution in [2.24, 2.45) is 5.92 Å². The van der Waals surface area contributed by atoms with Crippen molar-refractivity contribution in [1.82, 2.24) is 4.90 Å². The van der Waals surface area contributed by atoms with Crippen LogP contribution in [0.3, 0.4) is 0 Å². The number of hydrogen-bond acceptors (Lipinski definition) is 2. The highest BCUT2D eigenvalue weighted by Crippen LogP contribution is 2.27. The molecule has 0 spiro atoms. The lowest BCUT2D eigenvalue weighted by molar-refractivity contribution is 0.0772. The van der Waals surface area contributed by atoms with Crippen LogP contribution in [0.5, 0.6) is 0 Å². The second kappa shape index (κ2) is 4.16. The number of carbonyl (C=O) groups excluding carboxylic acids is 1. The van der Waals surface area contributed by atoms with E-state index in [1.165, 1.54) is 0 Å². The van der Waals surface area contributed by atoms with Crippen LogP contribution >= 0.6 is 0 Å². The Bertz CT molecular complexity index is 412. The Labute approximate surface area is 96.2 Å². The number of nitrogen functional groups attached to an aromatic ring is 1. The van der Waals surface area contributed by atoms with Gasteiger partial charge in [-0.3, -0.25) is 4.79 Å². The maximum Gasteiger partial charge on any atom is 0.256 e. The predicted molar refractivity (Wildman–Crippen MR) is 65.0 cm³/mol. The first-order valence-corrected chi connectivity index (χ1v) is 5.76. The van der Waals surface area contributed by atoms with Crippen molar-refractivity contribution in [1.29, 1.82) is 0 Å². The number of carbonyl (C=O) groups is 1. The molecule has 3 heteroatoms. The molecule has 1 aromatic rings. The van der Waals surface area contributed by atoms with Gasteiger partial charge < -0.3 is 10.6 Å². The molecule has 0 radical (unpaired) electrons. The average Bonchev–Trinajstić information content (AvgIpc) is 2.54. The highest BCUT2D eigenvalue weighted by molar-refractivity contribution is 6.02. The highest BCUT2D eigenvalue weighted by Gasteiger charge is 2.28. The molecular formula is C13H18N2O. The third-order valence-electron chi connectivity index (χ3n) is 3.02. The van der Waals surface area contributed by atoms with Gasteiger partial charge in [0.25, 0.3) is 5.91 Å². The summed E-state index contributed by atoms with van der Waals surface area (Å²) in [5.41, 5.74) is 8.22. The zero-order chi connectivity index (χ0) is 11.7. The molecule has 1 aromatic carbocycles. The Morgan fingerprint density at radius 3 is 2.81 bits per heavy atom. The summed E-state index contributed by atoms with van der Waals surface area (Å²) in [6, 6.07) is 5.69. The van der Waals surface area contributed by atoms with E-state index in [0.29, 0.717) is 23.7 Å². The van der Waals surface area contributed by atoms with Crippen molar-refractivity contribution in [2.45, 2.75) is 26.8 Å². The smallest absolute Gasteiger partial charge is 0.256 e. The highest BCUT2D eigenvalue weighted by atomic mass is 16.2. The normalized spacial score (nSPS) is 14.7. The van der Waals surface area contributed by atoms with Crippen molar-refractivity contribution in [3.8, 4) is 0 Å². The van der Waals surface area contributed by atoms with Crippen molar-refractivity contribution >= 4 is 11.6 Å². The molecule has 0 saturated carbocycles. The Hall–Kier alpha value is -1.51. The fraction of sp³-hybridized carbons (Fsp3) is 0.462. The molecule has 0 aromatic heterocycles. The SMILES string of the molecule is CC(C)CCN1Cc2cccc(N)c2C1=O. The Morgan fingerprint density at radius 2 is 2.19 bits per heavy atom. The van der Waals surface area contributed by atoms with Crippen LogP contribution in [0.25, 0.3) is 0 Å². The molecule has 0 aliphatic carbocycles. The number of benzene rings is 1. The van der Waals surface area contributed by atoms with Crippen LogP contribution in [-0.4, -0.2) is 17.4 Å². The van der Waals surface area contributed by atoms with Crippen LogP contribution in [0.2, 0.25) is 0 Å².